The van der Waals surface area contributed by atoms with Gasteiger partial charge >= 0.3 is 0 Å². The molecule has 0 aliphatic carbocycles. The maximum atomic E-state index is 11.6. The third kappa shape index (κ3) is 3.81. The molecule has 0 aromatic heterocycles. The molecule has 2 nitrogen and oxygen atoms in total. The highest BCUT2D eigenvalue weighted by molar-refractivity contribution is 9.09. The lowest BCUT2D eigenvalue weighted by molar-refractivity contribution is -0.130. The Morgan fingerprint density at radius 2 is 2.43 bits per heavy atom. The number of nitrogens with zero attached hydrogens (tertiary/aromatic N) is 1. The van der Waals surface area contributed by atoms with Gasteiger partial charge in [0.25, 0.3) is 0 Å². The average Bonchev–Trinajstić information content (AvgIpc) is 2.19. The number of rotatable bonds is 4. The number of halogens is 1. The predicted molar refractivity (Wildman–Crippen MR) is 66.1 cm³/mol. The third-order valence-corrected chi connectivity index (χ3v) is 3.65. The van der Waals surface area contributed by atoms with E-state index in [0.717, 1.165) is 18.4 Å². The van der Waals surface area contributed by atoms with Gasteiger partial charge in [-0.25, -0.2) is 0 Å². The molecule has 1 saturated heterocycles. The Morgan fingerprint density at radius 1 is 1.64 bits per heavy atom. The van der Waals surface area contributed by atoms with Crippen LogP contribution < -0.4 is 0 Å². The largest absolute Gasteiger partial charge is 0.342 e. The molecule has 14 heavy (non-hydrogen) atoms. The van der Waals surface area contributed by atoms with E-state index in [1.165, 1.54) is 19.3 Å². The van der Waals surface area contributed by atoms with Gasteiger partial charge in [0.05, 0.1) is 5.75 Å². The lowest BCUT2D eigenvalue weighted by Crippen LogP contribution is -2.40. The Kier molecular flexibility index (Phi) is 5.94. The number of amides is 1. The van der Waals surface area contributed by atoms with Gasteiger partial charge in [-0.2, -0.15) is 11.8 Å². The fraction of sp³-hybridized carbons (Fsp3) is 0.900. The topological polar surface area (TPSA) is 20.3 Å². The Hall–Kier alpha value is 0.300. The highest BCUT2D eigenvalue weighted by Crippen LogP contribution is 2.20. The smallest absolute Gasteiger partial charge is 0.232 e. The molecule has 1 rings (SSSR count). The summed E-state index contributed by atoms with van der Waals surface area (Å²) in [4.78, 5) is 13.7. The van der Waals surface area contributed by atoms with Crippen LogP contribution in [-0.4, -0.2) is 41.2 Å². The summed E-state index contributed by atoms with van der Waals surface area (Å²) in [5.74, 6) is 1.67. The second-order valence-corrected chi connectivity index (χ2v) is 5.42. The minimum atomic E-state index is 0.316. The van der Waals surface area contributed by atoms with Crippen molar-refractivity contribution < 1.29 is 4.79 Å². The molecule has 1 aliphatic heterocycles. The van der Waals surface area contributed by atoms with Crippen molar-refractivity contribution in [3.8, 4) is 0 Å². The second kappa shape index (κ2) is 6.72. The van der Waals surface area contributed by atoms with Crippen molar-refractivity contribution in [2.75, 3.05) is 30.4 Å². The SMILES string of the molecule is CSCC(=O)N1CCCC(CCBr)C1. The number of carbonyl (C=O) groups excluding carboxylic acids is 1. The number of thioether (sulfide) groups is 1. The summed E-state index contributed by atoms with van der Waals surface area (Å²) < 4.78 is 0. The third-order valence-electron chi connectivity index (χ3n) is 2.66. The summed E-state index contributed by atoms with van der Waals surface area (Å²) >= 11 is 5.08. The van der Waals surface area contributed by atoms with Crippen molar-refractivity contribution in [2.45, 2.75) is 19.3 Å². The maximum Gasteiger partial charge on any atom is 0.232 e. The zero-order valence-corrected chi connectivity index (χ0v) is 11.1. The number of hydrogen-bond acceptors (Lipinski definition) is 2. The van der Waals surface area contributed by atoms with Crippen LogP contribution in [0.25, 0.3) is 0 Å². The van der Waals surface area contributed by atoms with Crippen LogP contribution in [0.3, 0.4) is 0 Å². The quantitative estimate of drug-likeness (QED) is 0.737. The van der Waals surface area contributed by atoms with Gasteiger partial charge in [-0.15, -0.1) is 0 Å². The van der Waals surface area contributed by atoms with Crippen molar-refractivity contribution in [3.05, 3.63) is 0 Å². The molecule has 1 heterocycles. The molecule has 4 heteroatoms. The van der Waals surface area contributed by atoms with Crippen LogP contribution in [-0.2, 0) is 4.79 Å². The van der Waals surface area contributed by atoms with E-state index in [0.29, 0.717) is 17.6 Å². The van der Waals surface area contributed by atoms with E-state index in [1.807, 2.05) is 11.2 Å². The molecule has 1 atom stereocenters. The molecular formula is C10H18BrNOS. The van der Waals surface area contributed by atoms with E-state index in [2.05, 4.69) is 15.9 Å². The molecule has 0 aromatic rings. The summed E-state index contributed by atoms with van der Waals surface area (Å²) in [6, 6.07) is 0. The number of hydrogen-bond donors (Lipinski definition) is 0. The van der Waals surface area contributed by atoms with Crippen LogP contribution in [0.15, 0.2) is 0 Å². The van der Waals surface area contributed by atoms with Crippen LogP contribution in [0.5, 0.6) is 0 Å². The summed E-state index contributed by atoms with van der Waals surface area (Å²) in [6.07, 6.45) is 5.65. The first-order valence-corrected chi connectivity index (χ1v) is 7.62. The van der Waals surface area contributed by atoms with Crippen LogP contribution in [0, 0.1) is 5.92 Å². The van der Waals surface area contributed by atoms with Gasteiger partial charge in [0.1, 0.15) is 0 Å². The highest BCUT2D eigenvalue weighted by Gasteiger charge is 2.22. The second-order valence-electron chi connectivity index (χ2n) is 3.76. The van der Waals surface area contributed by atoms with Gasteiger partial charge in [0, 0.05) is 18.4 Å². The molecule has 1 unspecified atom stereocenters. The van der Waals surface area contributed by atoms with Crippen molar-refractivity contribution in [2.24, 2.45) is 5.92 Å². The Morgan fingerprint density at radius 3 is 3.07 bits per heavy atom. The van der Waals surface area contributed by atoms with E-state index >= 15 is 0 Å². The van der Waals surface area contributed by atoms with Crippen molar-refractivity contribution in [3.63, 3.8) is 0 Å². The molecular weight excluding hydrogens is 262 g/mol. The van der Waals surface area contributed by atoms with E-state index < -0.39 is 0 Å². The highest BCUT2D eigenvalue weighted by atomic mass is 79.9. The van der Waals surface area contributed by atoms with Gasteiger partial charge in [0.2, 0.25) is 5.91 Å². The van der Waals surface area contributed by atoms with E-state index in [4.69, 9.17) is 0 Å². The van der Waals surface area contributed by atoms with Gasteiger partial charge in [-0.05, 0) is 31.4 Å². The van der Waals surface area contributed by atoms with Gasteiger partial charge in [-0.3, -0.25) is 4.79 Å². The lowest BCUT2D eigenvalue weighted by Gasteiger charge is -2.32. The molecule has 1 aliphatic rings. The number of carbonyl (C=O) groups is 1. The van der Waals surface area contributed by atoms with Crippen molar-refractivity contribution in [1.29, 1.82) is 0 Å². The first-order chi connectivity index (χ1) is 6.77. The van der Waals surface area contributed by atoms with Crippen LogP contribution in [0.1, 0.15) is 19.3 Å². The fourth-order valence-electron chi connectivity index (χ4n) is 1.90. The van der Waals surface area contributed by atoms with E-state index in [9.17, 15) is 4.79 Å². The van der Waals surface area contributed by atoms with E-state index in [1.54, 1.807) is 11.8 Å². The molecule has 82 valence electrons. The minimum absolute atomic E-state index is 0.316. The van der Waals surface area contributed by atoms with Crippen molar-refractivity contribution >= 4 is 33.6 Å². The fourth-order valence-corrected chi connectivity index (χ4v) is 2.97. The molecule has 0 saturated carbocycles. The number of alkyl halides is 1. The standard InChI is InChI=1S/C10H18BrNOS/c1-14-8-10(13)12-6-2-3-9(7-12)4-5-11/h9H,2-8H2,1H3. The first-order valence-electron chi connectivity index (χ1n) is 5.10. The normalized spacial score (nSPS) is 22.4. The summed E-state index contributed by atoms with van der Waals surface area (Å²) in [6.45, 7) is 1.95. The zero-order valence-electron chi connectivity index (χ0n) is 8.67. The summed E-state index contributed by atoms with van der Waals surface area (Å²) in [7, 11) is 0. The van der Waals surface area contributed by atoms with Crippen molar-refractivity contribution in [1.82, 2.24) is 4.90 Å². The Balaban J connectivity index is 2.35. The zero-order chi connectivity index (χ0) is 10.4. The molecule has 1 amide bonds. The molecule has 0 bridgehead atoms. The number of likely N-dealkylation sites (tertiary alicyclic amines) is 1. The van der Waals surface area contributed by atoms with E-state index in [-0.39, 0.29) is 0 Å². The molecule has 1 fully saturated rings. The summed E-state index contributed by atoms with van der Waals surface area (Å²) in [5.41, 5.74) is 0. The van der Waals surface area contributed by atoms with Crippen LogP contribution in [0.4, 0.5) is 0 Å². The Labute approximate surface area is 98.9 Å². The van der Waals surface area contributed by atoms with Gasteiger partial charge in [-0.1, -0.05) is 15.9 Å². The first kappa shape index (κ1) is 12.4. The maximum absolute atomic E-state index is 11.6. The average molecular weight is 280 g/mol. The Bertz CT molecular complexity index is 187. The molecule has 0 spiro atoms. The lowest BCUT2D eigenvalue weighted by atomic mass is 9.96. The monoisotopic (exact) mass is 279 g/mol. The molecule has 0 aromatic carbocycles. The van der Waals surface area contributed by atoms with Gasteiger partial charge in [0.15, 0.2) is 0 Å². The number of piperidine rings is 1. The minimum Gasteiger partial charge on any atom is -0.342 e. The molecule has 0 radical (unpaired) electrons. The van der Waals surface area contributed by atoms with Crippen LogP contribution in [0.2, 0.25) is 0 Å². The van der Waals surface area contributed by atoms with Crippen LogP contribution >= 0.6 is 27.7 Å². The molecule has 0 N–H and O–H groups in total. The predicted octanol–water partition coefficient (Wildman–Crippen LogP) is 2.37. The van der Waals surface area contributed by atoms with Gasteiger partial charge < -0.3 is 4.90 Å². The summed E-state index contributed by atoms with van der Waals surface area (Å²) in [5, 5.41) is 1.06.